The van der Waals surface area contributed by atoms with Crippen molar-refractivity contribution in [3.05, 3.63) is 83.4 Å². The molecule has 3 nitrogen and oxygen atoms in total. The number of aromatic hydroxyl groups is 1. The molecule has 0 aromatic heterocycles. The largest absolute Gasteiger partial charge is 0.508 e. The van der Waals surface area contributed by atoms with E-state index in [1.165, 1.54) is 5.56 Å². The number of nitrogens with zero attached hydrogens (tertiary/aromatic N) is 1. The molecule has 0 fully saturated rings. The summed E-state index contributed by atoms with van der Waals surface area (Å²) in [4.78, 5) is 4.61. The van der Waals surface area contributed by atoms with Gasteiger partial charge in [-0.3, -0.25) is 4.99 Å². The van der Waals surface area contributed by atoms with Crippen molar-refractivity contribution in [3.8, 4) is 22.6 Å². The van der Waals surface area contributed by atoms with Gasteiger partial charge in [0.25, 0.3) is 0 Å². The van der Waals surface area contributed by atoms with Crippen LogP contribution in [-0.4, -0.2) is 17.5 Å². The molecule has 0 saturated heterocycles. The molecule has 1 N–H and O–H groups in total. The number of ether oxygens (including phenoxy) is 1. The SMILES string of the molecule is Cc1ccc(C2=NCCc3cc(-c4ccc(O)cc4)ccc3O2)cc1. The van der Waals surface area contributed by atoms with Crippen LogP contribution in [-0.2, 0) is 6.42 Å². The zero-order valence-electron chi connectivity index (χ0n) is 14.1. The van der Waals surface area contributed by atoms with Gasteiger partial charge >= 0.3 is 0 Å². The second-order valence-corrected chi connectivity index (χ2v) is 6.27. The Labute approximate surface area is 147 Å². The van der Waals surface area contributed by atoms with Crippen LogP contribution in [0.4, 0.5) is 0 Å². The molecule has 1 heterocycles. The summed E-state index contributed by atoms with van der Waals surface area (Å²) >= 11 is 0. The Bertz CT molecular complexity index is 925. The third-order valence-electron chi connectivity index (χ3n) is 4.40. The zero-order chi connectivity index (χ0) is 17.2. The van der Waals surface area contributed by atoms with Crippen molar-refractivity contribution in [3.63, 3.8) is 0 Å². The molecule has 3 heteroatoms. The third kappa shape index (κ3) is 3.26. The fourth-order valence-corrected chi connectivity index (χ4v) is 2.97. The fraction of sp³-hybridized carbons (Fsp3) is 0.136. The van der Waals surface area contributed by atoms with E-state index in [1.807, 2.05) is 36.4 Å². The number of hydrogen-bond acceptors (Lipinski definition) is 3. The molecule has 3 aromatic carbocycles. The maximum atomic E-state index is 9.45. The van der Waals surface area contributed by atoms with Crippen LogP contribution < -0.4 is 4.74 Å². The van der Waals surface area contributed by atoms with Crippen LogP contribution in [0.3, 0.4) is 0 Å². The van der Waals surface area contributed by atoms with Gasteiger partial charge in [0.2, 0.25) is 5.90 Å². The van der Waals surface area contributed by atoms with Crippen molar-refractivity contribution in [2.45, 2.75) is 13.3 Å². The van der Waals surface area contributed by atoms with E-state index in [-0.39, 0.29) is 5.75 Å². The second-order valence-electron chi connectivity index (χ2n) is 6.27. The van der Waals surface area contributed by atoms with Crippen molar-refractivity contribution in [2.24, 2.45) is 4.99 Å². The minimum atomic E-state index is 0.276. The normalized spacial score (nSPS) is 13.4. The quantitative estimate of drug-likeness (QED) is 0.737. The number of benzene rings is 3. The Hall–Kier alpha value is -3.07. The zero-order valence-corrected chi connectivity index (χ0v) is 14.1. The Morgan fingerprint density at radius 3 is 2.28 bits per heavy atom. The van der Waals surface area contributed by atoms with Crippen LogP contribution in [0.25, 0.3) is 11.1 Å². The summed E-state index contributed by atoms with van der Waals surface area (Å²) in [6.45, 7) is 2.77. The summed E-state index contributed by atoms with van der Waals surface area (Å²) in [5, 5.41) is 9.45. The monoisotopic (exact) mass is 329 g/mol. The molecule has 0 atom stereocenters. The van der Waals surface area contributed by atoms with Gasteiger partial charge < -0.3 is 9.84 Å². The Balaban J connectivity index is 1.64. The first kappa shape index (κ1) is 15.5. The summed E-state index contributed by atoms with van der Waals surface area (Å²) in [5.41, 5.74) is 5.56. The molecule has 0 spiro atoms. The highest BCUT2D eigenvalue weighted by Gasteiger charge is 2.15. The van der Waals surface area contributed by atoms with Crippen molar-refractivity contribution < 1.29 is 9.84 Å². The van der Waals surface area contributed by atoms with Crippen LogP contribution in [0.1, 0.15) is 16.7 Å². The van der Waals surface area contributed by atoms with Crippen LogP contribution in [0, 0.1) is 6.92 Å². The highest BCUT2D eigenvalue weighted by atomic mass is 16.5. The van der Waals surface area contributed by atoms with Gasteiger partial charge in [-0.2, -0.15) is 0 Å². The van der Waals surface area contributed by atoms with Gasteiger partial charge in [0.05, 0.1) is 0 Å². The van der Waals surface area contributed by atoms with Crippen LogP contribution in [0.15, 0.2) is 71.7 Å². The average molecular weight is 329 g/mol. The van der Waals surface area contributed by atoms with Gasteiger partial charge in [-0.15, -0.1) is 0 Å². The first-order valence-electron chi connectivity index (χ1n) is 8.41. The Morgan fingerprint density at radius 2 is 1.52 bits per heavy atom. The molecule has 1 aliphatic rings. The van der Waals surface area contributed by atoms with E-state index >= 15 is 0 Å². The number of rotatable bonds is 2. The lowest BCUT2D eigenvalue weighted by Gasteiger charge is -2.11. The lowest BCUT2D eigenvalue weighted by molar-refractivity contribution is 0.475. The van der Waals surface area contributed by atoms with Crippen molar-refractivity contribution in [1.29, 1.82) is 0 Å². The third-order valence-corrected chi connectivity index (χ3v) is 4.40. The summed E-state index contributed by atoms with van der Waals surface area (Å²) in [7, 11) is 0. The maximum Gasteiger partial charge on any atom is 0.222 e. The van der Waals surface area contributed by atoms with E-state index in [0.29, 0.717) is 12.4 Å². The van der Waals surface area contributed by atoms with E-state index in [9.17, 15) is 5.11 Å². The first-order chi connectivity index (χ1) is 12.2. The molecular weight excluding hydrogens is 310 g/mol. The van der Waals surface area contributed by atoms with Crippen molar-refractivity contribution in [1.82, 2.24) is 0 Å². The van der Waals surface area contributed by atoms with Gasteiger partial charge in [-0.1, -0.05) is 35.9 Å². The molecule has 3 aromatic rings. The number of aryl methyl sites for hydroxylation is 1. The molecule has 0 aliphatic carbocycles. The number of phenols is 1. The van der Waals surface area contributed by atoms with Crippen molar-refractivity contribution >= 4 is 5.90 Å². The lowest BCUT2D eigenvalue weighted by Crippen LogP contribution is -2.10. The highest BCUT2D eigenvalue weighted by Crippen LogP contribution is 2.30. The van der Waals surface area contributed by atoms with Crippen molar-refractivity contribution in [2.75, 3.05) is 6.54 Å². The van der Waals surface area contributed by atoms with Gasteiger partial charge in [0.15, 0.2) is 0 Å². The Morgan fingerprint density at radius 1 is 0.840 bits per heavy atom. The molecule has 25 heavy (non-hydrogen) atoms. The topological polar surface area (TPSA) is 41.8 Å². The number of hydrogen-bond donors (Lipinski definition) is 1. The first-order valence-corrected chi connectivity index (χ1v) is 8.41. The molecule has 1 aliphatic heterocycles. The molecular formula is C22H19NO2. The van der Waals surface area contributed by atoms with E-state index in [0.717, 1.165) is 34.4 Å². The molecule has 0 unspecified atom stereocenters. The van der Waals surface area contributed by atoms with Gasteiger partial charge in [-0.25, -0.2) is 0 Å². The molecule has 0 saturated carbocycles. The summed E-state index contributed by atoms with van der Waals surface area (Å²) in [5.74, 6) is 1.81. The minimum Gasteiger partial charge on any atom is -0.508 e. The van der Waals surface area contributed by atoms with E-state index in [2.05, 4.69) is 30.1 Å². The molecule has 0 bridgehead atoms. The van der Waals surface area contributed by atoms with Gasteiger partial charge in [-0.05, 0) is 66.4 Å². The summed E-state index contributed by atoms with van der Waals surface area (Å²) in [6, 6.07) is 21.7. The van der Waals surface area contributed by atoms with Crippen LogP contribution in [0.2, 0.25) is 0 Å². The molecule has 4 rings (SSSR count). The Kier molecular flexibility index (Phi) is 3.98. The van der Waals surface area contributed by atoms with Gasteiger partial charge in [0, 0.05) is 12.1 Å². The van der Waals surface area contributed by atoms with E-state index < -0.39 is 0 Å². The number of aliphatic imine (C=N–C) groups is 1. The maximum absolute atomic E-state index is 9.45. The lowest BCUT2D eigenvalue weighted by atomic mass is 10.0. The predicted octanol–water partition coefficient (Wildman–Crippen LogP) is 4.75. The summed E-state index contributed by atoms with van der Waals surface area (Å²) in [6.07, 6.45) is 0.844. The second kappa shape index (κ2) is 6.44. The predicted molar refractivity (Wildman–Crippen MR) is 100 cm³/mol. The summed E-state index contributed by atoms with van der Waals surface area (Å²) < 4.78 is 6.10. The molecule has 124 valence electrons. The average Bonchev–Trinajstić information content (AvgIpc) is 2.85. The number of phenolic OH excluding ortho intramolecular Hbond substituents is 1. The molecule has 0 radical (unpaired) electrons. The minimum absolute atomic E-state index is 0.276. The number of fused-ring (bicyclic) bond motifs is 1. The fourth-order valence-electron chi connectivity index (χ4n) is 2.97. The van der Waals surface area contributed by atoms with Gasteiger partial charge in [0.1, 0.15) is 11.5 Å². The molecule has 0 amide bonds. The van der Waals surface area contributed by atoms with Crippen LogP contribution in [0.5, 0.6) is 11.5 Å². The van der Waals surface area contributed by atoms with E-state index in [4.69, 9.17) is 4.74 Å². The van der Waals surface area contributed by atoms with Crippen LogP contribution >= 0.6 is 0 Å². The smallest absolute Gasteiger partial charge is 0.222 e. The van der Waals surface area contributed by atoms with E-state index in [1.54, 1.807) is 12.1 Å². The highest BCUT2D eigenvalue weighted by molar-refractivity contribution is 5.96. The standard InChI is InChI=1S/C22H19NO2/c1-15-2-4-17(5-3-15)22-23-13-12-19-14-18(8-11-21(19)25-22)16-6-9-20(24)10-7-16/h2-11,14,24H,12-13H2,1H3.